The van der Waals surface area contributed by atoms with Crippen LogP contribution in [0.15, 0.2) is 53.0 Å². The smallest absolute Gasteiger partial charge is 0.269 e. The van der Waals surface area contributed by atoms with Gasteiger partial charge in [-0.25, -0.2) is 4.39 Å². The summed E-state index contributed by atoms with van der Waals surface area (Å²) in [6.07, 6.45) is 0. The number of hydrazine groups is 1. The maximum atomic E-state index is 12.8. The molecule has 0 aliphatic carbocycles. The highest BCUT2D eigenvalue weighted by molar-refractivity contribution is 9.10. The van der Waals surface area contributed by atoms with E-state index in [0.29, 0.717) is 5.75 Å². The van der Waals surface area contributed by atoms with Crippen LogP contribution in [-0.2, 0) is 10.5 Å². The van der Waals surface area contributed by atoms with Crippen LogP contribution in [0, 0.1) is 5.82 Å². The second kappa shape index (κ2) is 8.84. The Morgan fingerprint density at radius 1 is 1.08 bits per heavy atom. The largest absolute Gasteiger partial charge is 0.272 e. The van der Waals surface area contributed by atoms with E-state index in [0.717, 1.165) is 10.0 Å². The van der Waals surface area contributed by atoms with Gasteiger partial charge in [0.1, 0.15) is 5.82 Å². The van der Waals surface area contributed by atoms with Crippen LogP contribution < -0.4 is 10.9 Å². The van der Waals surface area contributed by atoms with Gasteiger partial charge in [-0.3, -0.25) is 20.4 Å². The molecule has 2 amide bonds. The average Bonchev–Trinajstić information content (AvgIpc) is 2.59. The molecule has 0 aromatic heterocycles. The number of benzene rings is 2. The van der Waals surface area contributed by atoms with Crippen LogP contribution in [0.5, 0.6) is 0 Å². The number of amides is 2. The molecule has 0 saturated heterocycles. The van der Waals surface area contributed by atoms with Crippen molar-refractivity contribution in [1.82, 2.24) is 10.9 Å². The molecule has 0 aliphatic rings. The zero-order chi connectivity index (χ0) is 17.5. The monoisotopic (exact) mass is 410 g/mol. The Hall–Kier alpha value is -1.86. The van der Waals surface area contributed by atoms with Gasteiger partial charge in [-0.05, 0) is 48.9 Å². The van der Waals surface area contributed by atoms with E-state index in [-0.39, 0.29) is 16.7 Å². The lowest BCUT2D eigenvalue weighted by molar-refractivity contribution is -0.121. The van der Waals surface area contributed by atoms with Crippen molar-refractivity contribution in [2.45, 2.75) is 17.9 Å². The average molecular weight is 411 g/mol. The van der Waals surface area contributed by atoms with E-state index in [1.165, 1.54) is 36.0 Å². The van der Waals surface area contributed by atoms with Crippen LogP contribution in [0.4, 0.5) is 4.39 Å². The van der Waals surface area contributed by atoms with Crippen molar-refractivity contribution in [3.05, 3.63) is 69.9 Å². The van der Waals surface area contributed by atoms with Crippen LogP contribution in [0.2, 0.25) is 0 Å². The molecular formula is C17H16BrFN2O2S. The number of carbonyl (C=O) groups is 2. The first-order valence-electron chi connectivity index (χ1n) is 7.17. The fraction of sp³-hybridized carbons (Fsp3) is 0.176. The highest BCUT2D eigenvalue weighted by atomic mass is 79.9. The minimum absolute atomic E-state index is 0.270. The molecular weight excluding hydrogens is 395 g/mol. The molecule has 126 valence electrons. The summed E-state index contributed by atoms with van der Waals surface area (Å²) in [5.41, 5.74) is 6.08. The van der Waals surface area contributed by atoms with Gasteiger partial charge in [0.25, 0.3) is 11.8 Å². The fourth-order valence-electron chi connectivity index (χ4n) is 1.77. The molecule has 4 nitrogen and oxygen atoms in total. The summed E-state index contributed by atoms with van der Waals surface area (Å²) < 4.78 is 13.8. The number of carbonyl (C=O) groups excluding carboxylic acids is 2. The van der Waals surface area contributed by atoms with E-state index < -0.39 is 11.7 Å². The molecule has 2 N–H and O–H groups in total. The summed E-state index contributed by atoms with van der Waals surface area (Å²) in [4.78, 5) is 23.8. The molecule has 2 rings (SSSR count). The van der Waals surface area contributed by atoms with E-state index in [2.05, 4.69) is 26.8 Å². The second-order valence-corrected chi connectivity index (χ2v) is 7.27. The first kappa shape index (κ1) is 18.5. The molecule has 0 spiro atoms. The highest BCUT2D eigenvalue weighted by Gasteiger charge is 2.14. The van der Waals surface area contributed by atoms with Gasteiger partial charge in [-0.1, -0.05) is 28.1 Å². The lowest BCUT2D eigenvalue weighted by Crippen LogP contribution is -2.44. The third-order valence-electron chi connectivity index (χ3n) is 3.19. The first-order valence-corrected chi connectivity index (χ1v) is 9.01. The molecule has 0 unspecified atom stereocenters. The topological polar surface area (TPSA) is 58.2 Å². The SMILES string of the molecule is C[C@@H](SCc1ccc(Br)cc1)C(=O)NNC(=O)c1ccc(F)cc1. The van der Waals surface area contributed by atoms with Gasteiger partial charge in [0.05, 0.1) is 5.25 Å². The number of thioether (sulfide) groups is 1. The van der Waals surface area contributed by atoms with Crippen molar-refractivity contribution < 1.29 is 14.0 Å². The number of nitrogens with one attached hydrogen (secondary N) is 2. The fourth-order valence-corrected chi connectivity index (χ4v) is 2.88. The third-order valence-corrected chi connectivity index (χ3v) is 4.93. The van der Waals surface area contributed by atoms with E-state index in [9.17, 15) is 14.0 Å². The zero-order valence-corrected chi connectivity index (χ0v) is 15.3. The van der Waals surface area contributed by atoms with E-state index in [1.807, 2.05) is 24.3 Å². The molecule has 0 radical (unpaired) electrons. The Labute approximate surface area is 152 Å². The van der Waals surface area contributed by atoms with Crippen LogP contribution in [0.1, 0.15) is 22.8 Å². The maximum absolute atomic E-state index is 12.8. The normalized spacial score (nSPS) is 11.6. The lowest BCUT2D eigenvalue weighted by Gasteiger charge is -2.13. The van der Waals surface area contributed by atoms with Gasteiger partial charge < -0.3 is 0 Å². The molecule has 24 heavy (non-hydrogen) atoms. The van der Waals surface area contributed by atoms with Gasteiger partial charge in [-0.2, -0.15) is 0 Å². The molecule has 0 aliphatic heterocycles. The van der Waals surface area contributed by atoms with Crippen LogP contribution in [0.3, 0.4) is 0 Å². The molecule has 0 bridgehead atoms. The van der Waals surface area contributed by atoms with Gasteiger partial charge in [0, 0.05) is 15.8 Å². The van der Waals surface area contributed by atoms with Gasteiger partial charge >= 0.3 is 0 Å². The predicted octanol–water partition coefficient (Wildman–Crippen LogP) is 3.67. The summed E-state index contributed by atoms with van der Waals surface area (Å²) in [6, 6.07) is 12.9. The molecule has 7 heteroatoms. The van der Waals surface area contributed by atoms with Crippen molar-refractivity contribution in [2.24, 2.45) is 0 Å². The number of hydrogen-bond acceptors (Lipinski definition) is 3. The Morgan fingerprint density at radius 2 is 1.71 bits per heavy atom. The number of rotatable bonds is 5. The Kier molecular flexibility index (Phi) is 6.81. The van der Waals surface area contributed by atoms with Crippen molar-refractivity contribution >= 4 is 39.5 Å². The van der Waals surface area contributed by atoms with E-state index in [4.69, 9.17) is 0 Å². The zero-order valence-electron chi connectivity index (χ0n) is 12.9. The number of halogens is 2. The van der Waals surface area contributed by atoms with Gasteiger partial charge in [0.2, 0.25) is 0 Å². The summed E-state index contributed by atoms with van der Waals surface area (Å²) in [5, 5.41) is -0.331. The van der Waals surface area contributed by atoms with Crippen LogP contribution in [-0.4, -0.2) is 17.1 Å². The van der Waals surface area contributed by atoms with Crippen LogP contribution >= 0.6 is 27.7 Å². The molecule has 2 aromatic rings. The Bertz CT molecular complexity index is 708. The molecule has 0 fully saturated rings. The maximum Gasteiger partial charge on any atom is 0.269 e. The van der Waals surface area contributed by atoms with Gasteiger partial charge in [-0.15, -0.1) is 11.8 Å². The first-order chi connectivity index (χ1) is 11.5. The standard InChI is InChI=1S/C17H16BrFN2O2S/c1-11(24-10-12-2-6-14(18)7-3-12)16(22)20-21-17(23)13-4-8-15(19)9-5-13/h2-9,11H,10H2,1H3,(H,20,22)(H,21,23)/t11-/m1/s1. The minimum atomic E-state index is -0.492. The molecule has 2 aromatic carbocycles. The Morgan fingerprint density at radius 3 is 2.33 bits per heavy atom. The number of hydrogen-bond donors (Lipinski definition) is 2. The minimum Gasteiger partial charge on any atom is -0.272 e. The van der Waals surface area contributed by atoms with E-state index in [1.54, 1.807) is 6.92 Å². The van der Waals surface area contributed by atoms with Crippen molar-refractivity contribution in [3.63, 3.8) is 0 Å². The van der Waals surface area contributed by atoms with Gasteiger partial charge in [0.15, 0.2) is 0 Å². The van der Waals surface area contributed by atoms with Crippen molar-refractivity contribution in [2.75, 3.05) is 0 Å². The summed E-state index contributed by atoms with van der Waals surface area (Å²) >= 11 is 4.84. The van der Waals surface area contributed by atoms with E-state index >= 15 is 0 Å². The summed E-state index contributed by atoms with van der Waals surface area (Å²) in [7, 11) is 0. The van der Waals surface area contributed by atoms with Crippen molar-refractivity contribution in [3.8, 4) is 0 Å². The molecule has 0 saturated carbocycles. The second-order valence-electron chi connectivity index (χ2n) is 5.03. The summed E-state index contributed by atoms with van der Waals surface area (Å²) in [6.45, 7) is 1.77. The quantitative estimate of drug-likeness (QED) is 0.739. The summed E-state index contributed by atoms with van der Waals surface area (Å²) in [5.74, 6) is -0.525. The lowest BCUT2D eigenvalue weighted by atomic mass is 10.2. The Balaban J connectivity index is 1.77. The third kappa shape index (κ3) is 5.65. The van der Waals surface area contributed by atoms with Crippen molar-refractivity contribution in [1.29, 1.82) is 0 Å². The highest BCUT2D eigenvalue weighted by Crippen LogP contribution is 2.19. The molecule has 0 heterocycles. The predicted molar refractivity (Wildman–Crippen MR) is 96.9 cm³/mol. The van der Waals surface area contributed by atoms with Crippen LogP contribution in [0.25, 0.3) is 0 Å². The molecule has 1 atom stereocenters.